The normalized spacial score (nSPS) is 14.7. The Morgan fingerprint density at radius 1 is 0.283 bits per heavy atom. The molecule has 1 unspecified atom stereocenters. The summed E-state index contributed by atoms with van der Waals surface area (Å²) in [6.45, 7) is 9.49. The monoisotopic (exact) mass is 645 g/mol. The average Bonchev–Trinajstić information content (AvgIpc) is 3.45. The molecule has 0 fully saturated rings. The van der Waals surface area contributed by atoms with Crippen molar-refractivity contribution >= 4 is 0 Å². The molecule has 0 radical (unpaired) electrons. The van der Waals surface area contributed by atoms with Crippen molar-refractivity contribution in [3.63, 3.8) is 0 Å². The van der Waals surface area contributed by atoms with Crippen molar-refractivity contribution in [1.82, 2.24) is 9.80 Å². The molecule has 0 spiro atoms. The molecule has 0 aromatic rings. The molecule has 0 aromatic carbocycles. The molecule has 0 aliphatic carbocycles. The van der Waals surface area contributed by atoms with E-state index in [9.17, 15) is 0 Å². The van der Waals surface area contributed by atoms with Crippen LogP contribution in [-0.2, 0) is 0 Å². The molecule has 0 aromatic heterocycles. The second kappa shape index (κ2) is 35.6. The lowest BCUT2D eigenvalue weighted by Gasteiger charge is -2.33. The molecule has 1 aliphatic heterocycles. The Hall–Kier alpha value is -0.660. The van der Waals surface area contributed by atoms with E-state index in [1.165, 1.54) is 244 Å². The Morgan fingerprint density at radius 2 is 0.500 bits per heavy atom. The zero-order valence-corrected chi connectivity index (χ0v) is 32.5. The van der Waals surface area contributed by atoms with Crippen LogP contribution >= 0.6 is 0 Å². The fraction of sp³-hybridized carbons (Fsp3) is 0.955. The van der Waals surface area contributed by atoms with E-state index in [0.29, 0.717) is 6.17 Å². The van der Waals surface area contributed by atoms with Gasteiger partial charge in [-0.3, -0.25) is 0 Å². The maximum Gasteiger partial charge on any atom is 0.101 e. The van der Waals surface area contributed by atoms with Gasteiger partial charge in [-0.05, 0) is 25.7 Å². The van der Waals surface area contributed by atoms with Crippen LogP contribution in [0.1, 0.15) is 252 Å². The van der Waals surface area contributed by atoms with E-state index >= 15 is 0 Å². The van der Waals surface area contributed by atoms with Crippen LogP contribution in [0.5, 0.6) is 0 Å². The van der Waals surface area contributed by atoms with Crippen molar-refractivity contribution in [3.05, 3.63) is 12.4 Å². The molecular formula is C44H88N2. The highest BCUT2D eigenvalue weighted by Gasteiger charge is 2.24. The summed E-state index contributed by atoms with van der Waals surface area (Å²) < 4.78 is 0. The second-order valence-electron chi connectivity index (χ2n) is 15.4. The van der Waals surface area contributed by atoms with Crippen LogP contribution in [0.25, 0.3) is 0 Å². The molecule has 46 heavy (non-hydrogen) atoms. The number of unbranched alkanes of at least 4 members (excludes halogenated alkanes) is 32. The fourth-order valence-corrected chi connectivity index (χ4v) is 7.60. The predicted octanol–water partition coefficient (Wildman–Crippen LogP) is 15.5. The smallest absolute Gasteiger partial charge is 0.101 e. The van der Waals surface area contributed by atoms with Gasteiger partial charge in [0.2, 0.25) is 0 Å². The van der Waals surface area contributed by atoms with E-state index in [0.717, 1.165) is 0 Å². The molecule has 1 heterocycles. The molecule has 2 heteroatoms. The van der Waals surface area contributed by atoms with E-state index < -0.39 is 0 Å². The minimum atomic E-state index is 0.639. The Labute approximate surface area is 292 Å². The van der Waals surface area contributed by atoms with Gasteiger partial charge in [0.25, 0.3) is 0 Å². The van der Waals surface area contributed by atoms with Crippen molar-refractivity contribution in [3.8, 4) is 0 Å². The van der Waals surface area contributed by atoms with Crippen LogP contribution in [-0.4, -0.2) is 29.1 Å². The lowest BCUT2D eigenvalue weighted by molar-refractivity contribution is 0.135. The van der Waals surface area contributed by atoms with Gasteiger partial charge >= 0.3 is 0 Å². The molecule has 1 aliphatic rings. The zero-order valence-electron chi connectivity index (χ0n) is 32.5. The van der Waals surface area contributed by atoms with Crippen LogP contribution in [0.15, 0.2) is 12.4 Å². The lowest BCUT2D eigenvalue weighted by Crippen LogP contribution is -2.39. The topological polar surface area (TPSA) is 6.48 Å². The average molecular weight is 645 g/mol. The van der Waals surface area contributed by atoms with Crippen LogP contribution < -0.4 is 0 Å². The number of rotatable bonds is 38. The molecular weight excluding hydrogens is 556 g/mol. The van der Waals surface area contributed by atoms with Gasteiger partial charge in [0.15, 0.2) is 0 Å². The fourth-order valence-electron chi connectivity index (χ4n) is 7.60. The van der Waals surface area contributed by atoms with Gasteiger partial charge in [-0.2, -0.15) is 0 Å². The van der Waals surface area contributed by atoms with E-state index in [4.69, 9.17) is 0 Å². The highest BCUT2D eigenvalue weighted by molar-refractivity contribution is 4.97. The number of hydrogen-bond acceptors (Lipinski definition) is 2. The quantitative estimate of drug-likeness (QED) is 0.0617. The highest BCUT2D eigenvalue weighted by atomic mass is 15.4. The van der Waals surface area contributed by atoms with Crippen molar-refractivity contribution in [2.24, 2.45) is 0 Å². The largest absolute Gasteiger partial charge is 0.356 e. The third-order valence-electron chi connectivity index (χ3n) is 10.8. The van der Waals surface area contributed by atoms with Gasteiger partial charge < -0.3 is 9.80 Å². The van der Waals surface area contributed by atoms with Crippen LogP contribution in [0.2, 0.25) is 0 Å². The summed E-state index contributed by atoms with van der Waals surface area (Å²) in [6, 6.07) is 0. The Bertz CT molecular complexity index is 601. The molecule has 0 N–H and O–H groups in total. The molecule has 2 nitrogen and oxygen atoms in total. The minimum absolute atomic E-state index is 0.639. The summed E-state index contributed by atoms with van der Waals surface area (Å²) >= 11 is 0. The summed E-state index contributed by atoms with van der Waals surface area (Å²) in [7, 11) is 0. The molecule has 1 rings (SSSR count). The van der Waals surface area contributed by atoms with Gasteiger partial charge in [0.05, 0.1) is 0 Å². The summed E-state index contributed by atoms with van der Waals surface area (Å²) in [5.74, 6) is 0. The first-order valence-electron chi connectivity index (χ1n) is 22.0. The van der Waals surface area contributed by atoms with Gasteiger partial charge in [0.1, 0.15) is 6.17 Å². The third-order valence-corrected chi connectivity index (χ3v) is 10.8. The van der Waals surface area contributed by atoms with Crippen molar-refractivity contribution < 1.29 is 0 Å². The molecule has 0 saturated heterocycles. The van der Waals surface area contributed by atoms with E-state index in [2.05, 4.69) is 43.0 Å². The lowest BCUT2D eigenvalue weighted by atomic mass is 10.0. The molecule has 274 valence electrons. The summed E-state index contributed by atoms with van der Waals surface area (Å²) in [6.07, 6.45) is 57.4. The first-order chi connectivity index (χ1) is 22.8. The molecule has 0 bridgehead atoms. The van der Waals surface area contributed by atoms with Crippen LogP contribution in [0.4, 0.5) is 0 Å². The maximum atomic E-state index is 2.72. The number of nitrogens with zero attached hydrogens (tertiary/aromatic N) is 2. The molecule has 1 atom stereocenters. The first-order valence-corrected chi connectivity index (χ1v) is 22.0. The van der Waals surface area contributed by atoms with Crippen LogP contribution in [0.3, 0.4) is 0 Å². The predicted molar refractivity (Wildman–Crippen MR) is 210 cm³/mol. The van der Waals surface area contributed by atoms with Gasteiger partial charge in [-0.15, -0.1) is 0 Å². The standard InChI is InChI=1S/C44H88N2/c1-4-7-10-13-16-18-20-22-23-24-25-26-28-30-32-35-38-41-46-43-42-45(44(46)39-36-33-15-12-9-6-3)40-37-34-31-29-27-21-19-17-14-11-8-5-2/h42-44H,4-41H2,1-3H3. The highest BCUT2D eigenvalue weighted by Crippen LogP contribution is 2.24. The van der Waals surface area contributed by atoms with Gasteiger partial charge in [-0.25, -0.2) is 0 Å². The van der Waals surface area contributed by atoms with Gasteiger partial charge in [-0.1, -0.05) is 226 Å². The third kappa shape index (κ3) is 27.3. The van der Waals surface area contributed by atoms with Crippen molar-refractivity contribution in [2.45, 2.75) is 258 Å². The van der Waals surface area contributed by atoms with Crippen LogP contribution in [0, 0.1) is 0 Å². The minimum Gasteiger partial charge on any atom is -0.356 e. The van der Waals surface area contributed by atoms with Gasteiger partial charge in [0, 0.05) is 25.5 Å². The number of hydrogen-bond donors (Lipinski definition) is 0. The molecule has 0 saturated carbocycles. The first kappa shape index (κ1) is 43.4. The summed E-state index contributed by atoms with van der Waals surface area (Å²) in [5, 5.41) is 0. The summed E-state index contributed by atoms with van der Waals surface area (Å²) in [5.41, 5.74) is 0. The SMILES string of the molecule is CCCCCCCCCCCCCCCCCCCN1C=CN(CCCCCCCCCCCCCC)C1CCCCCCCC. The van der Waals surface area contributed by atoms with E-state index in [-0.39, 0.29) is 0 Å². The van der Waals surface area contributed by atoms with Crippen molar-refractivity contribution in [2.75, 3.05) is 13.1 Å². The maximum absolute atomic E-state index is 2.72. The summed E-state index contributed by atoms with van der Waals surface area (Å²) in [4.78, 5) is 5.44. The second-order valence-corrected chi connectivity index (χ2v) is 15.4. The van der Waals surface area contributed by atoms with E-state index in [1.54, 1.807) is 0 Å². The zero-order chi connectivity index (χ0) is 33.0. The van der Waals surface area contributed by atoms with E-state index in [1.807, 2.05) is 0 Å². The molecule has 0 amide bonds. The Balaban J connectivity index is 2.10. The van der Waals surface area contributed by atoms with Crippen molar-refractivity contribution in [1.29, 1.82) is 0 Å². The Kier molecular flexibility index (Phi) is 33.6. The Morgan fingerprint density at radius 3 is 0.761 bits per heavy atom.